The van der Waals surface area contributed by atoms with Gasteiger partial charge in [-0.15, -0.1) is 0 Å². The van der Waals surface area contributed by atoms with Gasteiger partial charge < -0.3 is 5.73 Å². The van der Waals surface area contributed by atoms with E-state index < -0.39 is 0 Å². The maximum Gasteiger partial charge on any atom is 0.126 e. The van der Waals surface area contributed by atoms with Crippen molar-refractivity contribution in [3.8, 4) is 0 Å². The quantitative estimate of drug-likeness (QED) is 0.636. The van der Waals surface area contributed by atoms with E-state index in [0.717, 1.165) is 22.0 Å². The first kappa shape index (κ1) is 16.4. The van der Waals surface area contributed by atoms with E-state index in [9.17, 15) is 4.39 Å². The normalized spacial score (nSPS) is 9.06. The lowest BCUT2D eigenvalue weighted by Gasteiger charge is -2.07. The minimum Gasteiger partial charge on any atom is -0.399 e. The Bertz CT molecular complexity index is 504. The second kappa shape index (κ2) is 7.70. The molecular weight excluding hydrogens is 225 g/mol. The summed E-state index contributed by atoms with van der Waals surface area (Å²) in [6.07, 6.45) is 0. The monoisotopic (exact) mass is 249 g/mol. The number of nitrogens with two attached hydrogens (primary N) is 1. The summed E-state index contributed by atoms with van der Waals surface area (Å²) < 4.78 is 13.3. The molecular formula is C16H24FN. The first-order valence-corrected chi connectivity index (χ1v) is 6.54. The summed E-state index contributed by atoms with van der Waals surface area (Å²) >= 11 is 0. The Hall–Kier alpha value is -1.57. The summed E-state index contributed by atoms with van der Waals surface area (Å²) in [6.45, 7) is 11.7. The molecule has 2 heteroatoms. The van der Waals surface area contributed by atoms with Crippen molar-refractivity contribution in [1.29, 1.82) is 0 Å². The predicted octanol–water partition coefficient (Wildman–Crippen LogP) is 5.23. The van der Waals surface area contributed by atoms with Crippen LogP contribution in [-0.4, -0.2) is 0 Å². The van der Waals surface area contributed by atoms with Gasteiger partial charge >= 0.3 is 0 Å². The van der Waals surface area contributed by atoms with Crippen molar-refractivity contribution in [3.63, 3.8) is 0 Å². The minimum atomic E-state index is -0.162. The zero-order chi connectivity index (χ0) is 14.3. The van der Waals surface area contributed by atoms with Crippen LogP contribution in [0.2, 0.25) is 0 Å². The lowest BCUT2D eigenvalue weighted by molar-refractivity contribution is 0.621. The number of aryl methyl sites for hydroxylation is 2. The van der Waals surface area contributed by atoms with Crippen LogP contribution in [0.3, 0.4) is 0 Å². The Balaban J connectivity index is 0.000000659. The third-order valence-electron chi connectivity index (χ3n) is 2.53. The van der Waals surface area contributed by atoms with Gasteiger partial charge in [-0.3, -0.25) is 0 Å². The molecule has 2 aromatic rings. The largest absolute Gasteiger partial charge is 0.399 e. The van der Waals surface area contributed by atoms with Crippen LogP contribution in [-0.2, 0) is 0 Å². The van der Waals surface area contributed by atoms with Crippen molar-refractivity contribution in [3.05, 3.63) is 41.2 Å². The van der Waals surface area contributed by atoms with E-state index >= 15 is 0 Å². The number of benzene rings is 2. The first-order valence-electron chi connectivity index (χ1n) is 6.54. The highest BCUT2D eigenvalue weighted by Crippen LogP contribution is 2.26. The van der Waals surface area contributed by atoms with Gasteiger partial charge in [-0.25, -0.2) is 4.39 Å². The molecule has 1 nitrogen and oxygen atoms in total. The fourth-order valence-corrected chi connectivity index (χ4v) is 1.89. The van der Waals surface area contributed by atoms with Crippen LogP contribution in [0.4, 0.5) is 10.1 Å². The van der Waals surface area contributed by atoms with E-state index in [1.807, 2.05) is 46.8 Å². The fraction of sp³-hybridized carbons (Fsp3) is 0.375. The van der Waals surface area contributed by atoms with Gasteiger partial charge in [0.1, 0.15) is 5.82 Å². The van der Waals surface area contributed by atoms with Crippen LogP contribution < -0.4 is 5.73 Å². The molecule has 18 heavy (non-hydrogen) atoms. The van der Waals surface area contributed by atoms with Crippen molar-refractivity contribution in [2.45, 2.75) is 41.5 Å². The number of nitrogen functional groups attached to an aromatic ring is 1. The predicted molar refractivity (Wildman–Crippen MR) is 80.5 cm³/mol. The Kier molecular flexibility index (Phi) is 7.03. The molecule has 2 N–H and O–H groups in total. The van der Waals surface area contributed by atoms with Gasteiger partial charge in [0, 0.05) is 5.69 Å². The van der Waals surface area contributed by atoms with Crippen LogP contribution >= 0.6 is 0 Å². The highest BCUT2D eigenvalue weighted by atomic mass is 19.1. The van der Waals surface area contributed by atoms with Gasteiger partial charge in [0.25, 0.3) is 0 Å². The Morgan fingerprint density at radius 3 is 2.06 bits per heavy atom. The van der Waals surface area contributed by atoms with E-state index in [1.165, 1.54) is 6.07 Å². The van der Waals surface area contributed by atoms with Gasteiger partial charge in [-0.1, -0.05) is 33.8 Å². The zero-order valence-corrected chi connectivity index (χ0v) is 12.3. The van der Waals surface area contributed by atoms with Gasteiger partial charge in [0.15, 0.2) is 0 Å². The smallest absolute Gasteiger partial charge is 0.126 e. The van der Waals surface area contributed by atoms with E-state index in [2.05, 4.69) is 0 Å². The molecule has 0 aliphatic rings. The van der Waals surface area contributed by atoms with Crippen molar-refractivity contribution in [2.24, 2.45) is 0 Å². The van der Waals surface area contributed by atoms with E-state index in [4.69, 9.17) is 5.73 Å². The number of halogens is 1. The van der Waals surface area contributed by atoms with Crippen LogP contribution in [0.25, 0.3) is 10.8 Å². The SMILES string of the molecule is CC.CC.Cc1cc(N)cc2ccc(F)c(C)c12. The van der Waals surface area contributed by atoms with Crippen LogP contribution in [0.1, 0.15) is 38.8 Å². The molecule has 0 bridgehead atoms. The molecule has 0 unspecified atom stereocenters. The fourth-order valence-electron chi connectivity index (χ4n) is 1.89. The molecule has 0 aliphatic carbocycles. The molecule has 0 spiro atoms. The van der Waals surface area contributed by atoms with Crippen molar-refractivity contribution in [1.82, 2.24) is 0 Å². The van der Waals surface area contributed by atoms with Crippen LogP contribution in [0, 0.1) is 19.7 Å². The molecule has 0 radical (unpaired) electrons. The van der Waals surface area contributed by atoms with Crippen molar-refractivity contribution >= 4 is 16.5 Å². The highest BCUT2D eigenvalue weighted by molar-refractivity contribution is 5.91. The third-order valence-corrected chi connectivity index (χ3v) is 2.53. The Morgan fingerprint density at radius 1 is 0.944 bits per heavy atom. The molecule has 0 atom stereocenters. The maximum atomic E-state index is 13.3. The second-order valence-electron chi connectivity index (χ2n) is 3.61. The summed E-state index contributed by atoms with van der Waals surface area (Å²) in [5, 5.41) is 1.97. The molecule has 100 valence electrons. The number of rotatable bonds is 0. The third kappa shape index (κ3) is 3.46. The molecule has 0 heterocycles. The maximum absolute atomic E-state index is 13.3. The number of fused-ring (bicyclic) bond motifs is 1. The number of anilines is 1. The van der Waals surface area contributed by atoms with Gasteiger partial charge in [-0.05, 0) is 53.9 Å². The van der Waals surface area contributed by atoms with Crippen LogP contribution in [0.5, 0.6) is 0 Å². The minimum absolute atomic E-state index is 0.162. The van der Waals surface area contributed by atoms with Gasteiger partial charge in [-0.2, -0.15) is 0 Å². The summed E-state index contributed by atoms with van der Waals surface area (Å²) in [6, 6.07) is 6.99. The zero-order valence-electron chi connectivity index (χ0n) is 12.3. The summed E-state index contributed by atoms with van der Waals surface area (Å²) in [4.78, 5) is 0. The average Bonchev–Trinajstić information content (AvgIpc) is 2.38. The molecule has 2 rings (SSSR count). The lowest BCUT2D eigenvalue weighted by Crippen LogP contribution is -1.91. The van der Waals surface area contributed by atoms with E-state index in [1.54, 1.807) is 13.0 Å². The Morgan fingerprint density at radius 2 is 1.50 bits per heavy atom. The first-order chi connectivity index (χ1) is 8.59. The highest BCUT2D eigenvalue weighted by Gasteiger charge is 2.05. The van der Waals surface area contributed by atoms with E-state index in [0.29, 0.717) is 5.56 Å². The van der Waals surface area contributed by atoms with Gasteiger partial charge in [0.05, 0.1) is 0 Å². The number of hydrogen-bond donors (Lipinski definition) is 1. The lowest BCUT2D eigenvalue weighted by atomic mass is 10.00. The standard InChI is InChI=1S/C12H12FN.2C2H6/c1-7-5-10(14)6-9-3-4-11(13)8(2)12(7)9;2*1-2/h3-6H,14H2,1-2H3;2*1-2H3. The number of hydrogen-bond acceptors (Lipinski definition) is 1. The summed E-state index contributed by atoms with van der Waals surface area (Å²) in [7, 11) is 0. The molecule has 0 aliphatic heterocycles. The molecule has 0 fully saturated rings. The molecule has 0 amide bonds. The second-order valence-corrected chi connectivity index (χ2v) is 3.61. The molecule has 0 saturated heterocycles. The van der Waals surface area contributed by atoms with Crippen LogP contribution in [0.15, 0.2) is 24.3 Å². The Labute approximate surface area is 110 Å². The molecule has 0 saturated carbocycles. The molecule has 2 aromatic carbocycles. The topological polar surface area (TPSA) is 26.0 Å². The van der Waals surface area contributed by atoms with Gasteiger partial charge in [0.2, 0.25) is 0 Å². The summed E-state index contributed by atoms with van der Waals surface area (Å²) in [5.74, 6) is -0.162. The molecule has 0 aromatic heterocycles. The summed E-state index contributed by atoms with van der Waals surface area (Å²) in [5.41, 5.74) is 8.16. The van der Waals surface area contributed by atoms with Crippen molar-refractivity contribution in [2.75, 3.05) is 5.73 Å². The average molecular weight is 249 g/mol. The van der Waals surface area contributed by atoms with Crippen molar-refractivity contribution < 1.29 is 4.39 Å². The van der Waals surface area contributed by atoms with E-state index in [-0.39, 0.29) is 5.82 Å².